The number of hydrogen-bond donors (Lipinski definition) is 1. The van der Waals surface area contributed by atoms with Crippen molar-refractivity contribution in [2.75, 3.05) is 44.4 Å². The minimum absolute atomic E-state index is 0.222. The van der Waals surface area contributed by atoms with Gasteiger partial charge in [0.15, 0.2) is 0 Å². The van der Waals surface area contributed by atoms with Gasteiger partial charge in [-0.3, -0.25) is 9.78 Å². The van der Waals surface area contributed by atoms with E-state index in [1.807, 2.05) is 25.5 Å². The van der Waals surface area contributed by atoms with Crippen LogP contribution in [0, 0.1) is 0 Å². The fourth-order valence-electron chi connectivity index (χ4n) is 4.93. The van der Waals surface area contributed by atoms with Crippen molar-refractivity contribution in [1.29, 1.82) is 0 Å². The van der Waals surface area contributed by atoms with E-state index < -0.39 is 0 Å². The van der Waals surface area contributed by atoms with Crippen LogP contribution < -0.4 is 10.2 Å². The zero-order valence-corrected chi connectivity index (χ0v) is 18.5. The van der Waals surface area contributed by atoms with E-state index in [1.54, 1.807) is 4.90 Å². The van der Waals surface area contributed by atoms with Crippen LogP contribution in [-0.2, 0) is 10.2 Å². The van der Waals surface area contributed by atoms with Crippen molar-refractivity contribution >= 4 is 28.3 Å². The summed E-state index contributed by atoms with van der Waals surface area (Å²) in [5.74, 6) is 1.12. The zero-order valence-electron chi connectivity index (χ0n) is 18.5. The molecule has 6 heteroatoms. The lowest BCUT2D eigenvalue weighted by molar-refractivity contribution is -0.125. The molecule has 1 spiro atoms. The number of fused-ring (bicyclic) bond motifs is 4. The number of carbonyl (C=O) groups is 1. The molecule has 1 saturated carbocycles. The van der Waals surface area contributed by atoms with Crippen LogP contribution in [0.5, 0.6) is 0 Å². The van der Waals surface area contributed by atoms with Gasteiger partial charge < -0.3 is 15.1 Å². The Labute approximate surface area is 183 Å². The molecule has 1 fully saturated rings. The van der Waals surface area contributed by atoms with Crippen LogP contribution in [0.4, 0.5) is 11.5 Å². The Balaban J connectivity index is 1.45. The van der Waals surface area contributed by atoms with E-state index in [0.717, 1.165) is 72.3 Å². The van der Waals surface area contributed by atoms with Gasteiger partial charge in [-0.05, 0) is 69.7 Å². The number of rotatable bonds is 6. The number of nitrogens with zero attached hydrogens (tertiary/aromatic N) is 4. The summed E-state index contributed by atoms with van der Waals surface area (Å²) in [6.45, 7) is 1.96. The van der Waals surface area contributed by atoms with E-state index in [-0.39, 0.29) is 11.3 Å². The quantitative estimate of drug-likeness (QED) is 0.615. The van der Waals surface area contributed by atoms with E-state index in [0.29, 0.717) is 0 Å². The third kappa shape index (κ3) is 3.26. The van der Waals surface area contributed by atoms with Crippen LogP contribution in [-0.4, -0.2) is 55.0 Å². The van der Waals surface area contributed by atoms with Gasteiger partial charge in [0.05, 0.1) is 22.8 Å². The van der Waals surface area contributed by atoms with E-state index in [1.165, 1.54) is 5.56 Å². The van der Waals surface area contributed by atoms with E-state index in [9.17, 15) is 4.79 Å². The number of carbonyl (C=O) groups excluding carboxylic acids is 1. The first kappa shape index (κ1) is 19.9. The van der Waals surface area contributed by atoms with Crippen LogP contribution in [0.15, 0.2) is 42.7 Å². The normalized spacial score (nSPS) is 16.8. The van der Waals surface area contributed by atoms with Crippen molar-refractivity contribution in [1.82, 2.24) is 14.9 Å². The molecule has 3 heterocycles. The number of anilines is 2. The Morgan fingerprint density at radius 2 is 1.90 bits per heavy atom. The number of pyridine rings is 2. The summed E-state index contributed by atoms with van der Waals surface area (Å²) in [7, 11) is 6.05. The summed E-state index contributed by atoms with van der Waals surface area (Å²) in [6.07, 6.45) is 7.83. The highest BCUT2D eigenvalue weighted by molar-refractivity contribution is 6.13. The van der Waals surface area contributed by atoms with Crippen molar-refractivity contribution in [2.24, 2.45) is 0 Å². The largest absolute Gasteiger partial charge is 0.370 e. The van der Waals surface area contributed by atoms with Gasteiger partial charge in [-0.2, -0.15) is 0 Å². The van der Waals surface area contributed by atoms with Gasteiger partial charge in [-0.25, -0.2) is 4.98 Å². The van der Waals surface area contributed by atoms with E-state index in [2.05, 4.69) is 58.5 Å². The molecule has 2 aliphatic rings. The first-order valence-corrected chi connectivity index (χ1v) is 11.1. The molecule has 1 aromatic carbocycles. The molecule has 3 aromatic rings. The number of nitrogens with one attached hydrogen (secondary N) is 1. The lowest BCUT2D eigenvalue weighted by Crippen LogP contribution is -2.43. The lowest BCUT2D eigenvalue weighted by atomic mass is 9.64. The molecule has 0 atom stereocenters. The van der Waals surface area contributed by atoms with Crippen LogP contribution in [0.1, 0.15) is 31.2 Å². The molecule has 0 unspecified atom stereocenters. The Hall–Kier alpha value is -2.99. The van der Waals surface area contributed by atoms with Gasteiger partial charge in [0, 0.05) is 36.3 Å². The first-order valence-electron chi connectivity index (χ1n) is 11.1. The van der Waals surface area contributed by atoms with Gasteiger partial charge in [0.25, 0.3) is 0 Å². The number of aromatic nitrogens is 2. The van der Waals surface area contributed by atoms with Gasteiger partial charge in [-0.1, -0.05) is 12.5 Å². The maximum Gasteiger partial charge on any atom is 0.237 e. The molecule has 1 aliphatic carbocycles. The fraction of sp³-hybridized carbons (Fsp3) is 0.400. The van der Waals surface area contributed by atoms with Crippen LogP contribution in [0.3, 0.4) is 0 Å². The van der Waals surface area contributed by atoms with E-state index >= 15 is 0 Å². The minimum atomic E-state index is -0.345. The maximum absolute atomic E-state index is 13.0. The molecule has 2 aromatic heterocycles. The van der Waals surface area contributed by atoms with Gasteiger partial charge in [-0.15, -0.1) is 0 Å². The van der Waals surface area contributed by atoms with Crippen LogP contribution >= 0.6 is 0 Å². The highest BCUT2D eigenvalue weighted by Crippen LogP contribution is 2.55. The summed E-state index contributed by atoms with van der Waals surface area (Å²) in [4.78, 5) is 26.3. The molecular weight excluding hydrogens is 386 g/mol. The molecule has 1 amide bonds. The highest BCUT2D eigenvalue weighted by atomic mass is 16.2. The number of amides is 1. The SMILES string of the molecule is CN(C)CCCNc1ccc(-c2ccc3ncc4c(c3c2)C2(CCC2)C(=O)N4C)cn1. The molecule has 1 N–H and O–H groups in total. The fourth-order valence-corrected chi connectivity index (χ4v) is 4.93. The molecule has 5 rings (SSSR count). The second-order valence-corrected chi connectivity index (χ2v) is 9.07. The molecule has 0 saturated heterocycles. The zero-order chi connectivity index (χ0) is 21.6. The summed E-state index contributed by atoms with van der Waals surface area (Å²) in [5.41, 5.74) is 4.91. The maximum atomic E-state index is 13.0. The molecule has 0 bridgehead atoms. The topological polar surface area (TPSA) is 61.4 Å². The van der Waals surface area contributed by atoms with Crippen molar-refractivity contribution in [2.45, 2.75) is 31.1 Å². The predicted molar refractivity (Wildman–Crippen MR) is 126 cm³/mol. The molecular formula is C25H29N5O. The predicted octanol–water partition coefficient (Wildman–Crippen LogP) is 4.06. The average molecular weight is 416 g/mol. The number of likely N-dealkylation sites (N-methyl/N-ethyl adjacent to an activating group) is 1. The van der Waals surface area contributed by atoms with Crippen LogP contribution in [0.25, 0.3) is 22.0 Å². The second-order valence-electron chi connectivity index (χ2n) is 9.07. The number of hydrogen-bond acceptors (Lipinski definition) is 5. The molecule has 31 heavy (non-hydrogen) atoms. The Kier molecular flexibility index (Phi) is 4.89. The highest BCUT2D eigenvalue weighted by Gasteiger charge is 2.54. The molecule has 0 radical (unpaired) electrons. The van der Waals surface area contributed by atoms with Gasteiger partial charge in [0.2, 0.25) is 5.91 Å². The summed E-state index contributed by atoms with van der Waals surface area (Å²) >= 11 is 0. The third-order valence-electron chi connectivity index (χ3n) is 6.79. The molecule has 160 valence electrons. The third-order valence-corrected chi connectivity index (χ3v) is 6.79. The Bertz CT molecular complexity index is 1130. The first-order chi connectivity index (χ1) is 15.0. The standard InChI is InChI=1S/C25H29N5O/c1-29(2)13-5-12-26-22-9-7-18(15-28-22)17-6-8-20-19(14-17)23-21(16-27-20)30(3)24(31)25(23)10-4-11-25/h6-9,14-16H,4-5,10-13H2,1-3H3,(H,26,28). The minimum Gasteiger partial charge on any atom is -0.370 e. The molecule has 6 nitrogen and oxygen atoms in total. The lowest BCUT2D eigenvalue weighted by Gasteiger charge is -2.37. The monoisotopic (exact) mass is 415 g/mol. The summed E-state index contributed by atoms with van der Waals surface area (Å²) in [5, 5.41) is 4.48. The molecule has 1 aliphatic heterocycles. The van der Waals surface area contributed by atoms with Crippen molar-refractivity contribution < 1.29 is 4.79 Å². The van der Waals surface area contributed by atoms with E-state index in [4.69, 9.17) is 0 Å². The van der Waals surface area contributed by atoms with Crippen LogP contribution in [0.2, 0.25) is 0 Å². The van der Waals surface area contributed by atoms with Gasteiger partial charge >= 0.3 is 0 Å². The number of benzene rings is 1. The summed E-state index contributed by atoms with van der Waals surface area (Å²) < 4.78 is 0. The van der Waals surface area contributed by atoms with Gasteiger partial charge in [0.1, 0.15) is 5.82 Å². The van der Waals surface area contributed by atoms with Crippen molar-refractivity contribution in [3.63, 3.8) is 0 Å². The second kappa shape index (κ2) is 7.61. The van der Waals surface area contributed by atoms with Crippen molar-refractivity contribution in [3.8, 4) is 11.1 Å². The smallest absolute Gasteiger partial charge is 0.237 e. The Morgan fingerprint density at radius 1 is 1.10 bits per heavy atom. The Morgan fingerprint density at radius 3 is 2.58 bits per heavy atom. The summed E-state index contributed by atoms with van der Waals surface area (Å²) in [6, 6.07) is 10.5. The van der Waals surface area contributed by atoms with Crippen molar-refractivity contribution in [3.05, 3.63) is 48.3 Å². The average Bonchev–Trinajstić information content (AvgIpc) is 2.99.